The van der Waals surface area contributed by atoms with Crippen LogP contribution in [0.4, 0.5) is 0 Å². The number of hydrogen-bond donors (Lipinski definition) is 2. The summed E-state index contributed by atoms with van der Waals surface area (Å²) in [6.07, 6.45) is 0.241. The van der Waals surface area contributed by atoms with Crippen LogP contribution in [-0.2, 0) is 11.2 Å². The van der Waals surface area contributed by atoms with Gasteiger partial charge in [0.2, 0.25) is 5.89 Å². The maximum Gasteiger partial charge on any atom is 0.320 e. The second-order valence-electron chi connectivity index (χ2n) is 7.16. The van der Waals surface area contributed by atoms with Crippen molar-refractivity contribution in [1.82, 2.24) is 4.98 Å². The number of hydrogen-bond acceptors (Lipinski definition) is 4. The zero-order valence-corrected chi connectivity index (χ0v) is 15.5. The van der Waals surface area contributed by atoms with E-state index in [9.17, 15) is 4.79 Å². The largest absolute Gasteiger partial charge is 0.480 e. The molecule has 1 aromatic heterocycles. The number of nitrogens with two attached hydrogens (primary N) is 1. The molecule has 5 heteroatoms. The first-order valence-electron chi connectivity index (χ1n) is 9.39. The van der Waals surface area contributed by atoms with Gasteiger partial charge >= 0.3 is 5.97 Å². The highest BCUT2D eigenvalue weighted by atomic mass is 16.4. The summed E-state index contributed by atoms with van der Waals surface area (Å²) in [6.45, 7) is 0. The van der Waals surface area contributed by atoms with Gasteiger partial charge in [-0.15, -0.1) is 0 Å². The van der Waals surface area contributed by atoms with Gasteiger partial charge in [-0.1, -0.05) is 54.6 Å². The van der Waals surface area contributed by atoms with Crippen LogP contribution in [0.1, 0.15) is 5.56 Å². The number of carboxylic acids is 1. The topological polar surface area (TPSA) is 89.4 Å². The number of benzene rings is 4. The predicted molar refractivity (Wildman–Crippen MR) is 114 cm³/mol. The Hall–Kier alpha value is -3.70. The van der Waals surface area contributed by atoms with Crippen LogP contribution in [0.25, 0.3) is 44.1 Å². The van der Waals surface area contributed by atoms with Crippen LogP contribution in [0.5, 0.6) is 0 Å². The number of carbonyl (C=O) groups is 1. The highest BCUT2D eigenvalue weighted by Gasteiger charge is 2.17. The van der Waals surface area contributed by atoms with Crippen LogP contribution in [-0.4, -0.2) is 22.1 Å². The Labute approximate surface area is 166 Å². The molecule has 142 valence electrons. The molecule has 0 aliphatic heterocycles. The number of carboxylic acid groups (broad SMARTS) is 1. The van der Waals surface area contributed by atoms with Crippen molar-refractivity contribution in [3.05, 3.63) is 78.4 Å². The average molecular weight is 382 g/mol. The fourth-order valence-corrected chi connectivity index (χ4v) is 3.79. The van der Waals surface area contributed by atoms with Crippen molar-refractivity contribution in [3.8, 4) is 11.5 Å². The second kappa shape index (κ2) is 6.72. The zero-order valence-electron chi connectivity index (χ0n) is 15.5. The van der Waals surface area contributed by atoms with Crippen molar-refractivity contribution in [2.45, 2.75) is 12.5 Å². The molecule has 0 fully saturated rings. The maximum atomic E-state index is 11.0. The smallest absolute Gasteiger partial charge is 0.320 e. The number of oxazole rings is 1. The van der Waals surface area contributed by atoms with Gasteiger partial charge in [-0.2, -0.15) is 0 Å². The summed E-state index contributed by atoms with van der Waals surface area (Å²) in [5.74, 6) is -0.471. The molecule has 5 rings (SSSR count). The molecule has 0 radical (unpaired) electrons. The van der Waals surface area contributed by atoms with Crippen molar-refractivity contribution < 1.29 is 14.3 Å². The van der Waals surface area contributed by atoms with E-state index in [1.54, 1.807) is 0 Å². The molecular formula is C24H18N2O3. The standard InChI is InChI=1S/C24H18N2O3/c25-19(24(27)28)11-14-9-10-21-20(12-14)26-23(29-21)22-17-7-3-1-5-15(17)13-16-6-2-4-8-18(16)22/h1-10,12-13,19H,11,25H2,(H,27,28). The molecule has 1 atom stereocenters. The highest BCUT2D eigenvalue weighted by Crippen LogP contribution is 2.37. The lowest BCUT2D eigenvalue weighted by Gasteiger charge is -2.08. The molecule has 5 aromatic rings. The first kappa shape index (κ1) is 17.4. The van der Waals surface area contributed by atoms with Gasteiger partial charge in [0.25, 0.3) is 0 Å². The Balaban J connectivity index is 1.71. The summed E-state index contributed by atoms with van der Waals surface area (Å²) < 4.78 is 6.12. The number of fused-ring (bicyclic) bond motifs is 3. The number of nitrogens with zero attached hydrogens (tertiary/aromatic N) is 1. The molecule has 3 N–H and O–H groups in total. The minimum atomic E-state index is -1.02. The molecule has 0 spiro atoms. The van der Waals surface area contributed by atoms with Crippen LogP contribution >= 0.6 is 0 Å². The molecule has 0 amide bonds. The fraction of sp³-hybridized carbons (Fsp3) is 0.0833. The molecule has 5 nitrogen and oxygen atoms in total. The summed E-state index contributed by atoms with van der Waals surface area (Å²) in [6, 6.07) is 23.1. The molecular weight excluding hydrogens is 364 g/mol. The molecule has 29 heavy (non-hydrogen) atoms. The van der Waals surface area contributed by atoms with Crippen LogP contribution in [0.15, 0.2) is 77.2 Å². The van der Waals surface area contributed by atoms with Crippen molar-refractivity contribution in [2.75, 3.05) is 0 Å². The first-order valence-corrected chi connectivity index (χ1v) is 9.39. The van der Waals surface area contributed by atoms with E-state index < -0.39 is 12.0 Å². The summed E-state index contributed by atoms with van der Waals surface area (Å²) in [5, 5.41) is 13.4. The SMILES string of the molecule is NC(Cc1ccc2oc(-c3c4ccccc4cc4ccccc34)nc2c1)C(=O)O. The molecule has 0 saturated heterocycles. The van der Waals surface area contributed by atoms with E-state index in [-0.39, 0.29) is 6.42 Å². The van der Waals surface area contributed by atoms with Crippen molar-refractivity contribution in [3.63, 3.8) is 0 Å². The van der Waals surface area contributed by atoms with Gasteiger partial charge in [0.1, 0.15) is 11.6 Å². The van der Waals surface area contributed by atoms with Gasteiger partial charge in [-0.25, -0.2) is 4.98 Å². The van der Waals surface area contributed by atoms with Gasteiger partial charge in [0, 0.05) is 0 Å². The van der Waals surface area contributed by atoms with Crippen molar-refractivity contribution >= 4 is 38.6 Å². The van der Waals surface area contributed by atoms with E-state index >= 15 is 0 Å². The molecule has 1 unspecified atom stereocenters. The molecule has 1 heterocycles. The van der Waals surface area contributed by atoms with Gasteiger partial charge in [0.05, 0.1) is 5.56 Å². The molecule has 0 saturated carbocycles. The molecule has 4 aromatic carbocycles. The summed E-state index contributed by atoms with van der Waals surface area (Å²) >= 11 is 0. The monoisotopic (exact) mass is 382 g/mol. The van der Waals surface area contributed by atoms with E-state index in [2.05, 4.69) is 30.3 Å². The fourth-order valence-electron chi connectivity index (χ4n) is 3.79. The van der Waals surface area contributed by atoms with E-state index in [0.29, 0.717) is 17.0 Å². The Kier molecular flexibility index (Phi) is 4.03. The Morgan fingerprint density at radius 2 is 1.62 bits per heavy atom. The molecule has 0 bridgehead atoms. The second-order valence-corrected chi connectivity index (χ2v) is 7.16. The van der Waals surface area contributed by atoms with Gasteiger partial charge < -0.3 is 15.3 Å². The van der Waals surface area contributed by atoms with E-state index in [4.69, 9.17) is 20.2 Å². The third kappa shape index (κ3) is 3.02. The predicted octanol–water partition coefficient (Wildman–Crippen LogP) is 4.76. The van der Waals surface area contributed by atoms with Crippen LogP contribution in [0, 0.1) is 0 Å². The summed E-state index contributed by atoms with van der Waals surface area (Å²) in [5.41, 5.74) is 8.79. The van der Waals surface area contributed by atoms with E-state index in [1.807, 2.05) is 42.5 Å². The Morgan fingerprint density at radius 3 is 2.28 bits per heavy atom. The lowest BCUT2D eigenvalue weighted by atomic mass is 9.97. The van der Waals surface area contributed by atoms with Crippen LogP contribution in [0.3, 0.4) is 0 Å². The lowest BCUT2D eigenvalue weighted by Crippen LogP contribution is -2.32. The van der Waals surface area contributed by atoms with Crippen molar-refractivity contribution in [1.29, 1.82) is 0 Å². The normalized spacial score (nSPS) is 12.6. The van der Waals surface area contributed by atoms with Crippen molar-refractivity contribution in [2.24, 2.45) is 5.73 Å². The van der Waals surface area contributed by atoms with Gasteiger partial charge in [0.15, 0.2) is 5.58 Å². The number of aromatic nitrogens is 1. The highest BCUT2D eigenvalue weighted by molar-refractivity contribution is 6.11. The quantitative estimate of drug-likeness (QED) is 0.438. The minimum Gasteiger partial charge on any atom is -0.480 e. The van der Waals surface area contributed by atoms with E-state index in [1.165, 1.54) is 0 Å². The number of aliphatic carboxylic acids is 1. The van der Waals surface area contributed by atoms with Gasteiger partial charge in [-0.05, 0) is 51.7 Å². The minimum absolute atomic E-state index is 0.241. The number of rotatable bonds is 4. The van der Waals surface area contributed by atoms with Crippen LogP contribution < -0.4 is 5.73 Å². The Morgan fingerprint density at radius 1 is 0.966 bits per heavy atom. The van der Waals surface area contributed by atoms with Gasteiger partial charge in [-0.3, -0.25) is 4.79 Å². The van der Waals surface area contributed by atoms with Crippen LogP contribution in [0.2, 0.25) is 0 Å². The molecule has 0 aliphatic carbocycles. The third-order valence-corrected chi connectivity index (χ3v) is 5.21. The zero-order chi connectivity index (χ0) is 20.0. The first-order chi connectivity index (χ1) is 14.1. The van der Waals surface area contributed by atoms with E-state index in [0.717, 1.165) is 32.7 Å². The summed E-state index contributed by atoms with van der Waals surface area (Å²) in [4.78, 5) is 15.8. The Bertz CT molecular complexity index is 1330. The lowest BCUT2D eigenvalue weighted by molar-refractivity contribution is -0.138. The maximum absolute atomic E-state index is 11.0. The average Bonchev–Trinajstić information content (AvgIpc) is 3.14. The third-order valence-electron chi connectivity index (χ3n) is 5.21. The summed E-state index contributed by atoms with van der Waals surface area (Å²) in [7, 11) is 0. The molecule has 0 aliphatic rings.